The molecule has 0 unspecified atom stereocenters. The van der Waals surface area contributed by atoms with Crippen LogP contribution in [0.15, 0.2) is 22.7 Å². The molecule has 0 aliphatic carbocycles. The number of amides is 2. The van der Waals surface area contributed by atoms with E-state index in [-0.39, 0.29) is 11.7 Å². The monoisotopic (exact) mass is 365 g/mol. The van der Waals surface area contributed by atoms with Crippen LogP contribution in [0.1, 0.15) is 18.4 Å². The molecule has 0 bridgehead atoms. The second kappa shape index (κ2) is 6.13. The molecule has 4 nitrogen and oxygen atoms in total. The molecule has 0 saturated carbocycles. The van der Waals surface area contributed by atoms with Gasteiger partial charge in [-0.15, -0.1) is 0 Å². The molecule has 21 heavy (non-hydrogen) atoms. The Hall–Kier alpha value is -1.44. The van der Waals surface area contributed by atoms with Gasteiger partial charge in [0.2, 0.25) is 0 Å². The van der Waals surface area contributed by atoms with Gasteiger partial charge in [0, 0.05) is 29.3 Å². The Bertz CT molecular complexity index is 528. The second-order valence-corrected chi connectivity index (χ2v) is 5.85. The number of hydrogen-bond donors (Lipinski definition) is 2. The van der Waals surface area contributed by atoms with E-state index < -0.39 is 17.8 Å². The minimum absolute atomic E-state index is 0.0585. The number of carbonyl (C=O) groups is 1. The van der Waals surface area contributed by atoms with Crippen LogP contribution in [0.5, 0.6) is 0 Å². The van der Waals surface area contributed by atoms with E-state index in [1.807, 2.05) is 0 Å². The normalized spacial score (nSPS) is 16.9. The Kier molecular flexibility index (Phi) is 4.65. The first kappa shape index (κ1) is 15.9. The molecular formula is C13H15BrF3N3O. The van der Waals surface area contributed by atoms with Gasteiger partial charge in [-0.25, -0.2) is 4.79 Å². The average molecular weight is 366 g/mol. The van der Waals surface area contributed by atoms with Crippen molar-refractivity contribution in [1.82, 2.24) is 4.90 Å². The van der Waals surface area contributed by atoms with E-state index in [4.69, 9.17) is 5.73 Å². The molecular weight excluding hydrogens is 351 g/mol. The average Bonchev–Trinajstić information content (AvgIpc) is 2.40. The van der Waals surface area contributed by atoms with E-state index in [1.165, 1.54) is 11.0 Å². The number of halogens is 4. The fraction of sp³-hybridized carbons (Fsp3) is 0.462. The first-order valence-electron chi connectivity index (χ1n) is 6.45. The van der Waals surface area contributed by atoms with Crippen molar-refractivity contribution in [3.63, 3.8) is 0 Å². The quantitative estimate of drug-likeness (QED) is 0.843. The number of nitrogens with one attached hydrogen (secondary N) is 1. The molecule has 2 amide bonds. The molecule has 1 aliphatic rings. The molecule has 2 rings (SSSR count). The lowest BCUT2D eigenvalue weighted by atomic mass is 10.0. The molecule has 0 spiro atoms. The van der Waals surface area contributed by atoms with E-state index in [0.29, 0.717) is 30.4 Å². The van der Waals surface area contributed by atoms with E-state index in [9.17, 15) is 18.0 Å². The Balaban J connectivity index is 2.09. The van der Waals surface area contributed by atoms with Gasteiger partial charge in [0.05, 0.1) is 5.56 Å². The predicted molar refractivity (Wildman–Crippen MR) is 76.9 cm³/mol. The zero-order valence-electron chi connectivity index (χ0n) is 11.1. The largest absolute Gasteiger partial charge is 0.418 e. The maximum Gasteiger partial charge on any atom is 0.418 e. The van der Waals surface area contributed by atoms with Gasteiger partial charge < -0.3 is 16.0 Å². The SMILES string of the molecule is NC(=O)N1CCC(Nc2ccc(Br)cc2C(F)(F)F)CC1. The van der Waals surface area contributed by atoms with Crippen molar-refractivity contribution in [2.45, 2.75) is 25.1 Å². The number of hydrogen-bond acceptors (Lipinski definition) is 2. The number of carbonyl (C=O) groups excluding carboxylic acids is 1. The van der Waals surface area contributed by atoms with Crippen LogP contribution in [0.2, 0.25) is 0 Å². The van der Waals surface area contributed by atoms with Gasteiger partial charge in [-0.3, -0.25) is 0 Å². The fourth-order valence-corrected chi connectivity index (χ4v) is 2.70. The smallest absolute Gasteiger partial charge is 0.382 e. The lowest BCUT2D eigenvalue weighted by Gasteiger charge is -2.32. The highest BCUT2D eigenvalue weighted by Crippen LogP contribution is 2.37. The predicted octanol–water partition coefficient (Wildman–Crippen LogP) is 3.42. The van der Waals surface area contributed by atoms with Gasteiger partial charge in [0.15, 0.2) is 0 Å². The van der Waals surface area contributed by atoms with Gasteiger partial charge in [-0.2, -0.15) is 13.2 Å². The third-order valence-corrected chi connectivity index (χ3v) is 3.95. The van der Waals surface area contributed by atoms with Crippen LogP contribution in [0.25, 0.3) is 0 Å². The molecule has 8 heteroatoms. The highest BCUT2D eigenvalue weighted by molar-refractivity contribution is 9.10. The van der Waals surface area contributed by atoms with Crippen molar-refractivity contribution in [3.05, 3.63) is 28.2 Å². The molecule has 1 fully saturated rings. The van der Waals surface area contributed by atoms with Crippen LogP contribution in [0, 0.1) is 0 Å². The summed E-state index contributed by atoms with van der Waals surface area (Å²) in [5.74, 6) is 0. The van der Waals surface area contributed by atoms with Crippen LogP contribution >= 0.6 is 15.9 Å². The molecule has 3 N–H and O–H groups in total. The summed E-state index contributed by atoms with van der Waals surface area (Å²) in [5.41, 5.74) is 4.53. The Morgan fingerprint density at radius 2 is 1.95 bits per heavy atom. The summed E-state index contributed by atoms with van der Waals surface area (Å²) >= 11 is 3.05. The first-order chi connectivity index (χ1) is 9.77. The number of piperidine rings is 1. The number of nitrogens with two attached hydrogens (primary N) is 1. The highest BCUT2D eigenvalue weighted by Gasteiger charge is 2.34. The summed E-state index contributed by atoms with van der Waals surface area (Å²) in [6.07, 6.45) is -3.29. The molecule has 0 atom stereocenters. The van der Waals surface area contributed by atoms with Crippen molar-refractivity contribution < 1.29 is 18.0 Å². The summed E-state index contributed by atoms with van der Waals surface area (Å²) in [6, 6.07) is 3.43. The van der Waals surface area contributed by atoms with Gasteiger partial charge >= 0.3 is 12.2 Å². The van der Waals surface area contributed by atoms with Gasteiger partial charge in [0.25, 0.3) is 0 Å². The molecule has 1 aromatic rings. The lowest BCUT2D eigenvalue weighted by Crippen LogP contribution is -2.44. The summed E-state index contributed by atoms with van der Waals surface area (Å²) in [5, 5.41) is 2.92. The number of benzene rings is 1. The molecule has 0 radical (unpaired) electrons. The topological polar surface area (TPSA) is 58.4 Å². The summed E-state index contributed by atoms with van der Waals surface area (Å²) < 4.78 is 39.4. The van der Waals surface area contributed by atoms with Crippen molar-refractivity contribution in [2.24, 2.45) is 5.73 Å². The molecule has 1 aromatic carbocycles. The molecule has 1 heterocycles. The van der Waals surface area contributed by atoms with Gasteiger partial charge in [0.1, 0.15) is 0 Å². The summed E-state index contributed by atoms with van der Waals surface area (Å²) in [7, 11) is 0. The first-order valence-corrected chi connectivity index (χ1v) is 7.24. The van der Waals surface area contributed by atoms with Crippen molar-refractivity contribution in [2.75, 3.05) is 18.4 Å². The fourth-order valence-electron chi connectivity index (χ4n) is 2.34. The lowest BCUT2D eigenvalue weighted by molar-refractivity contribution is -0.137. The van der Waals surface area contributed by atoms with Crippen LogP contribution in [0.3, 0.4) is 0 Å². The van der Waals surface area contributed by atoms with Crippen LogP contribution < -0.4 is 11.1 Å². The zero-order valence-corrected chi connectivity index (χ0v) is 12.7. The number of likely N-dealkylation sites (tertiary alicyclic amines) is 1. The molecule has 1 aliphatic heterocycles. The summed E-state index contributed by atoms with van der Waals surface area (Å²) in [4.78, 5) is 12.5. The molecule has 116 valence electrons. The van der Waals surface area contributed by atoms with Crippen molar-refractivity contribution in [1.29, 1.82) is 0 Å². The minimum atomic E-state index is -4.42. The van der Waals surface area contributed by atoms with E-state index in [2.05, 4.69) is 21.2 Å². The minimum Gasteiger partial charge on any atom is -0.382 e. The number of anilines is 1. The zero-order chi connectivity index (χ0) is 15.6. The van der Waals surface area contributed by atoms with Crippen molar-refractivity contribution in [3.8, 4) is 0 Å². The van der Waals surface area contributed by atoms with Crippen LogP contribution in [0.4, 0.5) is 23.7 Å². The van der Waals surface area contributed by atoms with Crippen molar-refractivity contribution >= 4 is 27.6 Å². The van der Waals surface area contributed by atoms with E-state index in [1.54, 1.807) is 6.07 Å². The third-order valence-electron chi connectivity index (χ3n) is 3.45. The standard InChI is InChI=1S/C13H15BrF3N3O/c14-8-1-2-11(10(7-8)13(15,16)17)19-9-3-5-20(6-4-9)12(18)21/h1-2,7,9,19H,3-6H2,(H2,18,21). The van der Waals surface area contributed by atoms with Crippen LogP contribution in [-0.4, -0.2) is 30.1 Å². The van der Waals surface area contributed by atoms with Gasteiger partial charge in [-0.05, 0) is 31.0 Å². The third kappa shape index (κ3) is 4.03. The Morgan fingerprint density at radius 1 is 1.33 bits per heavy atom. The number of nitrogens with zero attached hydrogens (tertiary/aromatic N) is 1. The maximum absolute atomic E-state index is 13.0. The van der Waals surface area contributed by atoms with Gasteiger partial charge in [-0.1, -0.05) is 15.9 Å². The Labute approximate surface area is 128 Å². The molecule has 0 aromatic heterocycles. The van der Waals surface area contributed by atoms with E-state index >= 15 is 0 Å². The highest BCUT2D eigenvalue weighted by atomic mass is 79.9. The van der Waals surface area contributed by atoms with E-state index in [0.717, 1.165) is 6.07 Å². The number of primary amides is 1. The van der Waals surface area contributed by atoms with Crippen LogP contribution in [-0.2, 0) is 6.18 Å². The second-order valence-electron chi connectivity index (χ2n) is 4.93. The number of urea groups is 1. The molecule has 1 saturated heterocycles. The number of rotatable bonds is 2. The Morgan fingerprint density at radius 3 is 2.48 bits per heavy atom. The maximum atomic E-state index is 13.0. The number of alkyl halides is 3. The summed E-state index contributed by atoms with van der Waals surface area (Å²) in [6.45, 7) is 0.899.